The maximum Gasteiger partial charge on any atom is 0.280 e. The zero-order valence-electron chi connectivity index (χ0n) is 14.5. The van der Waals surface area contributed by atoms with E-state index in [0.717, 1.165) is 33.6 Å². The second-order valence-electron chi connectivity index (χ2n) is 6.27. The summed E-state index contributed by atoms with van der Waals surface area (Å²) < 4.78 is 2.16. The first-order valence-corrected chi connectivity index (χ1v) is 8.28. The van der Waals surface area contributed by atoms with Crippen LogP contribution in [0.15, 0.2) is 65.3 Å². The van der Waals surface area contributed by atoms with Crippen molar-refractivity contribution in [2.75, 3.05) is 5.01 Å². The number of aromatic nitrogens is 1. The van der Waals surface area contributed by atoms with E-state index in [0.29, 0.717) is 5.57 Å². The van der Waals surface area contributed by atoms with Gasteiger partial charge in [0.15, 0.2) is 0 Å². The lowest BCUT2D eigenvalue weighted by Crippen LogP contribution is -2.21. The van der Waals surface area contributed by atoms with Gasteiger partial charge in [0.2, 0.25) is 0 Å². The number of carbonyl (C=O) groups excluding carboxylic acids is 1. The third kappa shape index (κ3) is 2.38. The number of para-hydroxylation sites is 2. The van der Waals surface area contributed by atoms with Crippen LogP contribution in [0.1, 0.15) is 18.2 Å². The lowest BCUT2D eigenvalue weighted by molar-refractivity contribution is -0.114. The van der Waals surface area contributed by atoms with E-state index < -0.39 is 0 Å². The molecule has 4 rings (SSSR count). The standard InChI is InChI=1S/C21H19N3O/c1-14-18(21(25)24(22-14)16-9-5-4-6-10-16)13-19-15(2)23(3)20-12-8-7-11-17(19)20/h4-13H,1-3H3. The van der Waals surface area contributed by atoms with Crippen LogP contribution in [0.3, 0.4) is 0 Å². The highest BCUT2D eigenvalue weighted by Gasteiger charge is 2.29. The highest BCUT2D eigenvalue weighted by atomic mass is 16.2. The van der Waals surface area contributed by atoms with Gasteiger partial charge in [0, 0.05) is 29.2 Å². The van der Waals surface area contributed by atoms with Crippen molar-refractivity contribution in [2.24, 2.45) is 12.1 Å². The van der Waals surface area contributed by atoms with Crippen molar-refractivity contribution in [3.8, 4) is 0 Å². The molecule has 1 aliphatic heterocycles. The first-order valence-electron chi connectivity index (χ1n) is 8.28. The summed E-state index contributed by atoms with van der Waals surface area (Å²) in [4.78, 5) is 12.9. The molecule has 2 heterocycles. The molecule has 0 saturated heterocycles. The lowest BCUT2D eigenvalue weighted by Gasteiger charge is -2.11. The van der Waals surface area contributed by atoms with E-state index in [2.05, 4.69) is 28.7 Å². The molecule has 1 amide bonds. The Labute approximate surface area is 146 Å². The van der Waals surface area contributed by atoms with Gasteiger partial charge >= 0.3 is 0 Å². The summed E-state index contributed by atoms with van der Waals surface area (Å²) in [5, 5.41) is 7.08. The summed E-state index contributed by atoms with van der Waals surface area (Å²) in [6.45, 7) is 3.96. The normalized spacial score (nSPS) is 16.1. The molecule has 0 unspecified atom stereocenters. The number of nitrogens with zero attached hydrogens (tertiary/aromatic N) is 3. The van der Waals surface area contributed by atoms with E-state index in [1.54, 1.807) is 0 Å². The minimum absolute atomic E-state index is 0.0870. The van der Waals surface area contributed by atoms with Gasteiger partial charge in [0.05, 0.1) is 17.0 Å². The maximum absolute atomic E-state index is 12.9. The number of carbonyl (C=O) groups is 1. The molecule has 4 heteroatoms. The minimum Gasteiger partial charge on any atom is -0.347 e. The zero-order valence-corrected chi connectivity index (χ0v) is 14.5. The molecule has 4 nitrogen and oxygen atoms in total. The fourth-order valence-corrected chi connectivity index (χ4v) is 3.31. The number of anilines is 1. The van der Waals surface area contributed by atoms with Crippen molar-refractivity contribution in [1.29, 1.82) is 0 Å². The van der Waals surface area contributed by atoms with Gasteiger partial charge in [0.1, 0.15) is 0 Å². The van der Waals surface area contributed by atoms with Gasteiger partial charge < -0.3 is 4.57 Å². The molecule has 25 heavy (non-hydrogen) atoms. The Hall–Kier alpha value is -3.14. The summed E-state index contributed by atoms with van der Waals surface area (Å²) in [7, 11) is 2.05. The summed E-state index contributed by atoms with van der Waals surface area (Å²) >= 11 is 0. The molecule has 3 aromatic rings. The molecular formula is C21H19N3O. The Balaban J connectivity index is 1.83. The molecule has 0 atom stereocenters. The van der Waals surface area contributed by atoms with E-state index in [9.17, 15) is 4.79 Å². The maximum atomic E-state index is 12.9. The van der Waals surface area contributed by atoms with E-state index in [-0.39, 0.29) is 5.91 Å². The molecule has 0 radical (unpaired) electrons. The van der Waals surface area contributed by atoms with Crippen LogP contribution < -0.4 is 5.01 Å². The summed E-state index contributed by atoms with van der Waals surface area (Å²) in [6, 6.07) is 17.8. The molecule has 0 fully saturated rings. The van der Waals surface area contributed by atoms with Crippen LogP contribution in [0, 0.1) is 6.92 Å². The Bertz CT molecular complexity index is 1040. The Morgan fingerprint density at radius 3 is 2.40 bits per heavy atom. The Morgan fingerprint density at radius 1 is 0.960 bits per heavy atom. The summed E-state index contributed by atoms with van der Waals surface area (Å²) in [5.41, 5.74) is 5.53. The molecular weight excluding hydrogens is 310 g/mol. The van der Waals surface area contributed by atoms with E-state index in [1.807, 2.05) is 62.5 Å². The molecule has 0 aliphatic carbocycles. The van der Waals surface area contributed by atoms with Crippen LogP contribution in [-0.2, 0) is 11.8 Å². The predicted octanol–water partition coefficient (Wildman–Crippen LogP) is 4.29. The van der Waals surface area contributed by atoms with Gasteiger partial charge in [0.25, 0.3) is 5.91 Å². The smallest absolute Gasteiger partial charge is 0.280 e. The fourth-order valence-electron chi connectivity index (χ4n) is 3.31. The van der Waals surface area contributed by atoms with Crippen LogP contribution in [0.5, 0.6) is 0 Å². The Kier molecular flexibility index (Phi) is 3.53. The van der Waals surface area contributed by atoms with Crippen LogP contribution in [0.25, 0.3) is 17.0 Å². The second kappa shape index (κ2) is 5.74. The predicted molar refractivity (Wildman–Crippen MR) is 103 cm³/mol. The summed E-state index contributed by atoms with van der Waals surface area (Å²) in [5.74, 6) is -0.0870. The number of fused-ring (bicyclic) bond motifs is 1. The third-order valence-corrected chi connectivity index (χ3v) is 4.80. The number of benzene rings is 2. The number of hydrogen-bond acceptors (Lipinski definition) is 2. The number of rotatable bonds is 2. The number of hydrogen-bond donors (Lipinski definition) is 0. The van der Waals surface area contributed by atoms with Gasteiger partial charge in [-0.25, -0.2) is 0 Å². The van der Waals surface area contributed by atoms with Gasteiger partial charge in [-0.15, -0.1) is 0 Å². The third-order valence-electron chi connectivity index (χ3n) is 4.80. The van der Waals surface area contributed by atoms with Crippen LogP contribution in [0.4, 0.5) is 5.69 Å². The molecule has 0 spiro atoms. The number of aryl methyl sites for hydroxylation is 1. The van der Waals surface area contributed by atoms with Crippen LogP contribution in [-0.4, -0.2) is 16.2 Å². The highest BCUT2D eigenvalue weighted by molar-refractivity contribution is 6.32. The SMILES string of the molecule is CC1=NN(c2ccccc2)C(=O)C1=Cc1c(C)n(C)c2ccccc12. The van der Waals surface area contributed by atoms with Gasteiger partial charge in [-0.2, -0.15) is 10.1 Å². The van der Waals surface area contributed by atoms with Crippen molar-refractivity contribution >= 4 is 34.3 Å². The lowest BCUT2D eigenvalue weighted by atomic mass is 10.0. The second-order valence-corrected chi connectivity index (χ2v) is 6.27. The first kappa shape index (κ1) is 15.4. The van der Waals surface area contributed by atoms with Crippen molar-refractivity contribution in [2.45, 2.75) is 13.8 Å². The minimum atomic E-state index is -0.0870. The fraction of sp³-hybridized carbons (Fsp3) is 0.143. The van der Waals surface area contributed by atoms with Gasteiger partial charge in [-0.05, 0) is 38.1 Å². The molecule has 124 valence electrons. The van der Waals surface area contributed by atoms with E-state index in [1.165, 1.54) is 5.01 Å². The van der Waals surface area contributed by atoms with Crippen molar-refractivity contribution in [1.82, 2.24) is 4.57 Å². The monoisotopic (exact) mass is 329 g/mol. The van der Waals surface area contributed by atoms with Crippen LogP contribution in [0.2, 0.25) is 0 Å². The van der Waals surface area contributed by atoms with Gasteiger partial charge in [-0.1, -0.05) is 36.4 Å². The molecule has 1 aromatic heterocycles. The van der Waals surface area contributed by atoms with Crippen molar-refractivity contribution in [3.63, 3.8) is 0 Å². The average Bonchev–Trinajstić information content (AvgIpc) is 3.06. The molecule has 1 aliphatic rings. The first-order chi connectivity index (χ1) is 12.1. The highest BCUT2D eigenvalue weighted by Crippen LogP contribution is 2.30. The van der Waals surface area contributed by atoms with E-state index in [4.69, 9.17) is 0 Å². The van der Waals surface area contributed by atoms with Gasteiger partial charge in [-0.3, -0.25) is 4.79 Å². The molecule has 2 aromatic carbocycles. The van der Waals surface area contributed by atoms with E-state index >= 15 is 0 Å². The molecule has 0 N–H and O–H groups in total. The van der Waals surface area contributed by atoms with Crippen molar-refractivity contribution < 1.29 is 4.79 Å². The molecule has 0 saturated carbocycles. The summed E-state index contributed by atoms with van der Waals surface area (Å²) in [6.07, 6.45) is 1.97. The largest absolute Gasteiger partial charge is 0.347 e. The zero-order chi connectivity index (χ0) is 17.6. The van der Waals surface area contributed by atoms with Crippen molar-refractivity contribution in [3.05, 3.63) is 71.4 Å². The average molecular weight is 329 g/mol. The molecule has 0 bridgehead atoms. The van der Waals surface area contributed by atoms with Crippen LogP contribution >= 0.6 is 0 Å². The number of hydrazone groups is 1. The quantitative estimate of drug-likeness (QED) is 0.646. The Morgan fingerprint density at radius 2 is 1.64 bits per heavy atom. The topological polar surface area (TPSA) is 37.6 Å². The number of amides is 1.